The maximum Gasteiger partial charge on any atom is 0.338 e. The molecule has 28 heavy (non-hydrogen) atoms. The van der Waals surface area contributed by atoms with Gasteiger partial charge in [-0.25, -0.2) is 4.79 Å². The lowest BCUT2D eigenvalue weighted by molar-refractivity contribution is -0.125. The first kappa shape index (κ1) is 19.0. The Morgan fingerprint density at radius 2 is 1.71 bits per heavy atom. The molecule has 8 heteroatoms. The van der Waals surface area contributed by atoms with Crippen LogP contribution in [0.25, 0.3) is 0 Å². The summed E-state index contributed by atoms with van der Waals surface area (Å²) in [5.41, 5.74) is 0.742. The van der Waals surface area contributed by atoms with Crippen molar-refractivity contribution in [2.24, 2.45) is 0 Å². The van der Waals surface area contributed by atoms with Crippen molar-refractivity contribution in [3.05, 3.63) is 78.1 Å². The highest BCUT2D eigenvalue weighted by Gasteiger charge is 2.15. The quantitative estimate of drug-likeness (QED) is 0.607. The smallest absolute Gasteiger partial charge is 0.338 e. The molecule has 0 aliphatic heterocycles. The molecule has 0 fully saturated rings. The lowest BCUT2D eigenvalue weighted by Crippen LogP contribution is -2.30. The molecule has 0 saturated heterocycles. The molecule has 0 aliphatic rings. The summed E-state index contributed by atoms with van der Waals surface area (Å²) in [7, 11) is 0. The molecule has 144 valence electrons. The van der Waals surface area contributed by atoms with Crippen LogP contribution in [0.3, 0.4) is 0 Å². The van der Waals surface area contributed by atoms with E-state index < -0.39 is 24.4 Å². The van der Waals surface area contributed by atoms with Crippen LogP contribution in [-0.4, -0.2) is 24.4 Å². The number of hydrogen-bond acceptors (Lipinski definition) is 6. The van der Waals surface area contributed by atoms with Crippen LogP contribution in [-0.2, 0) is 9.53 Å². The zero-order chi connectivity index (χ0) is 19.9. The number of anilines is 1. The summed E-state index contributed by atoms with van der Waals surface area (Å²) in [4.78, 5) is 35.8. The predicted molar refractivity (Wildman–Crippen MR) is 98.7 cm³/mol. The number of carbonyl (C=O) groups excluding carboxylic acids is 3. The predicted octanol–water partition coefficient (Wildman–Crippen LogP) is 3.16. The minimum Gasteiger partial charge on any atom is -0.467 e. The van der Waals surface area contributed by atoms with E-state index in [0.29, 0.717) is 11.4 Å². The van der Waals surface area contributed by atoms with Crippen molar-refractivity contribution in [3.63, 3.8) is 0 Å². The number of amides is 2. The maximum atomic E-state index is 12.1. The van der Waals surface area contributed by atoms with E-state index in [0.717, 1.165) is 0 Å². The van der Waals surface area contributed by atoms with Gasteiger partial charge in [-0.3, -0.25) is 9.59 Å². The van der Waals surface area contributed by atoms with Crippen LogP contribution in [0.15, 0.2) is 69.9 Å². The summed E-state index contributed by atoms with van der Waals surface area (Å²) in [6, 6.07) is 12.4. The fraction of sp³-hybridized carbons (Fsp3) is 0.150. The zero-order valence-corrected chi connectivity index (χ0v) is 15.0. The van der Waals surface area contributed by atoms with E-state index in [1.807, 2.05) is 0 Å². The molecule has 0 aliphatic carbocycles. The summed E-state index contributed by atoms with van der Waals surface area (Å²) < 4.78 is 15.2. The van der Waals surface area contributed by atoms with Crippen LogP contribution >= 0.6 is 0 Å². The van der Waals surface area contributed by atoms with Gasteiger partial charge >= 0.3 is 5.97 Å². The lowest BCUT2D eigenvalue weighted by atomic mass is 10.2. The van der Waals surface area contributed by atoms with Crippen LogP contribution < -0.4 is 10.6 Å². The van der Waals surface area contributed by atoms with Crippen molar-refractivity contribution in [3.8, 4) is 0 Å². The molecular weight excluding hydrogens is 364 g/mol. The standard InChI is InChI=1S/C20H18N2O6/c1-13(16-4-2-10-26-16)21-18(23)12-28-20(25)14-6-8-15(9-7-14)22-19(24)17-5-3-11-27-17/h2-11,13H,12H2,1H3,(H,21,23)(H,22,24)/t13-/m0/s1. The van der Waals surface area contributed by atoms with Gasteiger partial charge in [0.1, 0.15) is 5.76 Å². The average molecular weight is 382 g/mol. The monoisotopic (exact) mass is 382 g/mol. The van der Waals surface area contributed by atoms with E-state index in [9.17, 15) is 14.4 Å². The molecule has 2 aromatic heterocycles. The van der Waals surface area contributed by atoms with Crippen LogP contribution in [0.5, 0.6) is 0 Å². The van der Waals surface area contributed by atoms with Gasteiger partial charge in [0.05, 0.1) is 24.1 Å². The molecule has 2 N–H and O–H groups in total. The van der Waals surface area contributed by atoms with E-state index in [-0.39, 0.29) is 17.4 Å². The van der Waals surface area contributed by atoms with Crippen molar-refractivity contribution in [2.45, 2.75) is 13.0 Å². The lowest BCUT2D eigenvalue weighted by Gasteiger charge is -2.11. The van der Waals surface area contributed by atoms with E-state index in [2.05, 4.69) is 10.6 Å². The molecule has 8 nitrogen and oxygen atoms in total. The number of ether oxygens (including phenoxy) is 1. The minimum atomic E-state index is -0.648. The molecule has 0 unspecified atom stereocenters. The van der Waals surface area contributed by atoms with E-state index in [1.165, 1.54) is 24.7 Å². The SMILES string of the molecule is C[C@H](NC(=O)COC(=O)c1ccc(NC(=O)c2ccco2)cc1)c1ccco1. The Morgan fingerprint density at radius 1 is 1.00 bits per heavy atom. The fourth-order valence-electron chi connectivity index (χ4n) is 2.40. The molecular formula is C20H18N2O6. The van der Waals surface area contributed by atoms with Crippen LogP contribution in [0.2, 0.25) is 0 Å². The van der Waals surface area contributed by atoms with Gasteiger partial charge in [0.15, 0.2) is 12.4 Å². The van der Waals surface area contributed by atoms with E-state index >= 15 is 0 Å². The summed E-state index contributed by atoms with van der Waals surface area (Å²) in [5.74, 6) is -0.711. The highest BCUT2D eigenvalue weighted by molar-refractivity contribution is 6.02. The Kier molecular flexibility index (Phi) is 5.91. The largest absolute Gasteiger partial charge is 0.467 e. The second-order valence-corrected chi connectivity index (χ2v) is 5.89. The molecule has 0 saturated carbocycles. The normalized spacial score (nSPS) is 11.5. The highest BCUT2D eigenvalue weighted by Crippen LogP contribution is 2.14. The third kappa shape index (κ3) is 4.88. The van der Waals surface area contributed by atoms with Gasteiger partial charge in [0, 0.05) is 5.69 Å². The fourth-order valence-corrected chi connectivity index (χ4v) is 2.40. The van der Waals surface area contributed by atoms with Crippen molar-refractivity contribution >= 4 is 23.5 Å². The average Bonchev–Trinajstić information content (AvgIpc) is 3.40. The molecule has 2 amide bonds. The zero-order valence-electron chi connectivity index (χ0n) is 15.0. The van der Waals surface area contributed by atoms with Crippen molar-refractivity contribution in [1.29, 1.82) is 0 Å². The van der Waals surface area contributed by atoms with Gasteiger partial charge in [-0.15, -0.1) is 0 Å². The number of hydrogen-bond donors (Lipinski definition) is 2. The molecule has 0 spiro atoms. The number of rotatable bonds is 7. The third-order valence-corrected chi connectivity index (χ3v) is 3.81. The van der Waals surface area contributed by atoms with Gasteiger partial charge in [-0.2, -0.15) is 0 Å². The Bertz CT molecular complexity index is 930. The van der Waals surface area contributed by atoms with Gasteiger partial charge in [-0.05, 0) is 55.5 Å². The van der Waals surface area contributed by atoms with Crippen molar-refractivity contribution in [2.75, 3.05) is 11.9 Å². The molecule has 0 bridgehead atoms. The number of esters is 1. The maximum absolute atomic E-state index is 12.1. The highest BCUT2D eigenvalue weighted by atomic mass is 16.5. The number of furan rings is 2. The molecule has 3 rings (SSSR count). The third-order valence-electron chi connectivity index (χ3n) is 3.81. The molecule has 3 aromatic rings. The van der Waals surface area contributed by atoms with Gasteiger partial charge < -0.3 is 24.2 Å². The van der Waals surface area contributed by atoms with E-state index in [1.54, 1.807) is 43.3 Å². The van der Waals surface area contributed by atoms with E-state index in [4.69, 9.17) is 13.6 Å². The Labute approximate surface area is 160 Å². The minimum absolute atomic E-state index is 0.179. The Morgan fingerprint density at radius 3 is 2.36 bits per heavy atom. The van der Waals surface area contributed by atoms with Crippen LogP contribution in [0.4, 0.5) is 5.69 Å². The molecule has 0 radical (unpaired) electrons. The number of nitrogens with one attached hydrogen (secondary N) is 2. The summed E-state index contributed by atoms with van der Waals surface area (Å²) >= 11 is 0. The molecule has 2 heterocycles. The Balaban J connectivity index is 1.47. The second-order valence-electron chi connectivity index (χ2n) is 5.89. The first-order valence-corrected chi connectivity index (χ1v) is 8.48. The second kappa shape index (κ2) is 8.72. The molecule has 1 atom stereocenters. The number of carbonyl (C=O) groups is 3. The van der Waals surface area contributed by atoms with Gasteiger partial charge in [0.25, 0.3) is 11.8 Å². The summed E-state index contributed by atoms with van der Waals surface area (Å²) in [6.45, 7) is 1.34. The van der Waals surface area contributed by atoms with Gasteiger partial charge in [0.2, 0.25) is 0 Å². The Hall–Kier alpha value is -3.81. The van der Waals surface area contributed by atoms with Crippen molar-refractivity contribution < 1.29 is 28.0 Å². The van der Waals surface area contributed by atoms with Crippen molar-refractivity contribution in [1.82, 2.24) is 5.32 Å². The topological polar surface area (TPSA) is 111 Å². The first-order chi connectivity index (χ1) is 13.5. The summed E-state index contributed by atoms with van der Waals surface area (Å²) in [5, 5.41) is 5.30. The van der Waals surface area contributed by atoms with Crippen LogP contribution in [0.1, 0.15) is 39.6 Å². The molecule has 1 aromatic carbocycles. The first-order valence-electron chi connectivity index (χ1n) is 8.48. The number of benzene rings is 1. The summed E-state index contributed by atoms with van der Waals surface area (Å²) in [6.07, 6.45) is 2.91. The van der Waals surface area contributed by atoms with Gasteiger partial charge in [-0.1, -0.05) is 0 Å². The van der Waals surface area contributed by atoms with Crippen LogP contribution in [0, 0.1) is 0 Å².